The van der Waals surface area contributed by atoms with Gasteiger partial charge in [0.1, 0.15) is 0 Å². The van der Waals surface area contributed by atoms with Gasteiger partial charge in [-0.05, 0) is 6.92 Å². The monoisotopic (exact) mass is 253 g/mol. The summed E-state index contributed by atoms with van der Waals surface area (Å²) in [6.07, 6.45) is 1.01. The van der Waals surface area contributed by atoms with E-state index < -0.39 is 17.9 Å². The number of hydrogen-bond donors (Lipinski definition) is 1. The number of nitrogens with zero attached hydrogens (tertiary/aromatic N) is 1. The van der Waals surface area contributed by atoms with Gasteiger partial charge in [0.15, 0.2) is 11.4 Å². The summed E-state index contributed by atoms with van der Waals surface area (Å²) in [6, 6.07) is 0. The second-order valence-electron chi connectivity index (χ2n) is 3.36. The molecule has 0 saturated carbocycles. The average Bonchev–Trinajstić information content (AvgIpc) is 2.29. The van der Waals surface area contributed by atoms with Gasteiger partial charge >= 0.3 is 17.9 Å². The van der Waals surface area contributed by atoms with Crippen LogP contribution in [0.25, 0.3) is 0 Å². The Balaban J connectivity index is 3.45. The first-order valence-electron chi connectivity index (χ1n) is 4.88. The Morgan fingerprint density at radius 1 is 1.33 bits per heavy atom. The maximum absolute atomic E-state index is 11.4. The molecule has 0 aromatic carbocycles. The maximum Gasteiger partial charge on any atom is 0.360 e. The van der Waals surface area contributed by atoms with Crippen LogP contribution in [0.3, 0.4) is 0 Å². The molecule has 0 aliphatic rings. The molecular formula is C11H11NO6. The highest BCUT2D eigenvalue weighted by Gasteiger charge is 2.23. The van der Waals surface area contributed by atoms with Gasteiger partial charge in [0.2, 0.25) is 0 Å². The SMILES string of the molecule is COC(=O)c1ncc(C(=O)O)c(C)c1OC(C)=O. The molecule has 18 heavy (non-hydrogen) atoms. The first-order chi connectivity index (χ1) is 8.38. The van der Waals surface area contributed by atoms with Crippen molar-refractivity contribution in [2.24, 2.45) is 0 Å². The average molecular weight is 253 g/mol. The molecule has 1 N–H and O–H groups in total. The lowest BCUT2D eigenvalue weighted by Crippen LogP contribution is -2.14. The van der Waals surface area contributed by atoms with E-state index in [9.17, 15) is 14.4 Å². The number of esters is 2. The van der Waals surface area contributed by atoms with Gasteiger partial charge < -0.3 is 14.6 Å². The summed E-state index contributed by atoms with van der Waals surface area (Å²) in [5.74, 6) is -2.93. The van der Waals surface area contributed by atoms with E-state index in [0.717, 1.165) is 20.2 Å². The second kappa shape index (κ2) is 5.26. The van der Waals surface area contributed by atoms with Gasteiger partial charge in [-0.3, -0.25) is 4.79 Å². The molecule has 1 aromatic heterocycles. The van der Waals surface area contributed by atoms with Crippen molar-refractivity contribution in [3.63, 3.8) is 0 Å². The minimum Gasteiger partial charge on any atom is -0.478 e. The van der Waals surface area contributed by atoms with Crippen molar-refractivity contribution >= 4 is 17.9 Å². The lowest BCUT2D eigenvalue weighted by atomic mass is 10.1. The van der Waals surface area contributed by atoms with E-state index in [1.807, 2.05) is 0 Å². The third-order valence-corrected chi connectivity index (χ3v) is 2.14. The maximum atomic E-state index is 11.4. The molecule has 0 amide bonds. The molecule has 0 radical (unpaired) electrons. The third kappa shape index (κ3) is 2.62. The fraction of sp³-hybridized carbons (Fsp3) is 0.273. The number of rotatable bonds is 3. The zero-order valence-electron chi connectivity index (χ0n) is 10.0. The van der Waals surface area contributed by atoms with Crippen molar-refractivity contribution in [1.29, 1.82) is 0 Å². The van der Waals surface area contributed by atoms with E-state index in [2.05, 4.69) is 9.72 Å². The number of carbonyl (C=O) groups is 3. The summed E-state index contributed by atoms with van der Waals surface area (Å²) in [6.45, 7) is 2.55. The number of aromatic carboxylic acids is 1. The molecule has 0 bridgehead atoms. The van der Waals surface area contributed by atoms with E-state index in [1.54, 1.807) is 0 Å². The van der Waals surface area contributed by atoms with E-state index in [0.29, 0.717) is 0 Å². The third-order valence-electron chi connectivity index (χ3n) is 2.14. The predicted octanol–water partition coefficient (Wildman–Crippen LogP) is 0.800. The van der Waals surface area contributed by atoms with Gasteiger partial charge in [-0.2, -0.15) is 0 Å². The van der Waals surface area contributed by atoms with Gasteiger partial charge in [0.05, 0.1) is 12.7 Å². The molecule has 0 atom stereocenters. The molecule has 1 rings (SSSR count). The predicted molar refractivity (Wildman–Crippen MR) is 58.6 cm³/mol. The first kappa shape index (κ1) is 13.6. The van der Waals surface area contributed by atoms with E-state index >= 15 is 0 Å². The number of carbonyl (C=O) groups excluding carboxylic acids is 2. The van der Waals surface area contributed by atoms with Crippen molar-refractivity contribution < 1.29 is 29.0 Å². The smallest absolute Gasteiger partial charge is 0.360 e. The van der Waals surface area contributed by atoms with Crippen molar-refractivity contribution in [2.75, 3.05) is 7.11 Å². The molecule has 96 valence electrons. The van der Waals surface area contributed by atoms with E-state index in [-0.39, 0.29) is 22.6 Å². The molecule has 7 heteroatoms. The second-order valence-corrected chi connectivity index (χ2v) is 3.36. The molecule has 0 spiro atoms. The van der Waals surface area contributed by atoms with Crippen LogP contribution in [-0.4, -0.2) is 35.1 Å². The van der Waals surface area contributed by atoms with Crippen molar-refractivity contribution in [3.05, 3.63) is 23.0 Å². The highest BCUT2D eigenvalue weighted by atomic mass is 16.5. The number of methoxy groups -OCH3 is 1. The Hall–Kier alpha value is -2.44. The molecule has 0 aliphatic heterocycles. The number of aromatic nitrogens is 1. The summed E-state index contributed by atoms with van der Waals surface area (Å²) in [5, 5.41) is 8.91. The lowest BCUT2D eigenvalue weighted by Gasteiger charge is -2.11. The summed E-state index contributed by atoms with van der Waals surface area (Å²) in [4.78, 5) is 37.0. The van der Waals surface area contributed by atoms with Crippen molar-refractivity contribution in [1.82, 2.24) is 4.98 Å². The molecule has 0 aliphatic carbocycles. The highest BCUT2D eigenvalue weighted by Crippen LogP contribution is 2.25. The van der Waals surface area contributed by atoms with Crippen LogP contribution in [0, 0.1) is 6.92 Å². The highest BCUT2D eigenvalue weighted by molar-refractivity contribution is 5.95. The molecule has 0 saturated heterocycles. The minimum absolute atomic E-state index is 0.133. The number of hydrogen-bond acceptors (Lipinski definition) is 6. The van der Waals surface area contributed by atoms with Crippen molar-refractivity contribution in [2.45, 2.75) is 13.8 Å². The van der Waals surface area contributed by atoms with E-state index in [1.165, 1.54) is 6.92 Å². The van der Waals surface area contributed by atoms with Crippen LogP contribution in [-0.2, 0) is 9.53 Å². The molecule has 0 fully saturated rings. The van der Waals surface area contributed by atoms with Gasteiger partial charge in [-0.25, -0.2) is 14.6 Å². The first-order valence-corrected chi connectivity index (χ1v) is 4.88. The largest absolute Gasteiger partial charge is 0.478 e. The van der Waals surface area contributed by atoms with Crippen LogP contribution in [0.2, 0.25) is 0 Å². The van der Waals surface area contributed by atoms with Crippen LogP contribution in [0.4, 0.5) is 0 Å². The lowest BCUT2D eigenvalue weighted by molar-refractivity contribution is -0.132. The summed E-state index contributed by atoms with van der Waals surface area (Å²) < 4.78 is 9.30. The standard InChI is InChI=1S/C11H11NO6/c1-5-7(10(14)15)4-12-8(11(16)17-3)9(5)18-6(2)13/h4H,1-3H3,(H,14,15). The van der Waals surface area contributed by atoms with Gasteiger partial charge in [-0.1, -0.05) is 0 Å². The Morgan fingerprint density at radius 3 is 2.39 bits per heavy atom. The molecule has 7 nitrogen and oxygen atoms in total. The van der Waals surface area contributed by atoms with Gasteiger partial charge in [0.25, 0.3) is 0 Å². The number of pyridine rings is 1. The van der Waals surface area contributed by atoms with Crippen LogP contribution < -0.4 is 4.74 Å². The fourth-order valence-corrected chi connectivity index (χ4v) is 1.31. The van der Waals surface area contributed by atoms with Crippen LogP contribution in [0.1, 0.15) is 33.3 Å². The topological polar surface area (TPSA) is 103 Å². The Kier molecular flexibility index (Phi) is 3.98. The Morgan fingerprint density at radius 2 is 1.94 bits per heavy atom. The van der Waals surface area contributed by atoms with E-state index in [4.69, 9.17) is 9.84 Å². The zero-order chi connectivity index (χ0) is 13.9. The zero-order valence-corrected chi connectivity index (χ0v) is 10.0. The summed E-state index contributed by atoms with van der Waals surface area (Å²) in [7, 11) is 1.14. The normalized spacial score (nSPS) is 9.72. The van der Waals surface area contributed by atoms with Gasteiger partial charge in [0, 0.05) is 18.7 Å². The minimum atomic E-state index is -1.23. The van der Waals surface area contributed by atoms with Crippen molar-refractivity contribution in [3.8, 4) is 5.75 Å². The fourth-order valence-electron chi connectivity index (χ4n) is 1.31. The van der Waals surface area contributed by atoms with Gasteiger partial charge in [-0.15, -0.1) is 0 Å². The molecule has 0 unspecified atom stereocenters. The molecule has 1 heterocycles. The quantitative estimate of drug-likeness (QED) is 0.794. The number of ether oxygens (including phenoxy) is 2. The molecule has 1 aromatic rings. The van der Waals surface area contributed by atoms with Crippen LogP contribution >= 0.6 is 0 Å². The van der Waals surface area contributed by atoms with Crippen LogP contribution in [0.5, 0.6) is 5.75 Å². The Bertz CT molecular complexity index is 523. The number of carboxylic acids is 1. The summed E-state index contributed by atoms with van der Waals surface area (Å²) in [5.41, 5.74) is -0.262. The summed E-state index contributed by atoms with van der Waals surface area (Å²) >= 11 is 0. The number of carboxylic acid groups (broad SMARTS) is 1. The molecular weight excluding hydrogens is 242 g/mol. The van der Waals surface area contributed by atoms with Crippen LogP contribution in [0.15, 0.2) is 6.20 Å². The Labute approximate surface area is 102 Å².